The van der Waals surface area contributed by atoms with Gasteiger partial charge in [0.25, 0.3) is 5.89 Å². The SMILES string of the molecule is Cc1ccccc1-c1nc(-c2ncn[nH]2)no1. The molecule has 0 aliphatic rings. The van der Waals surface area contributed by atoms with Crippen molar-refractivity contribution in [2.24, 2.45) is 0 Å². The van der Waals surface area contributed by atoms with Crippen LogP contribution in [0.25, 0.3) is 23.1 Å². The number of aromatic nitrogens is 5. The fraction of sp³-hybridized carbons (Fsp3) is 0.0909. The van der Waals surface area contributed by atoms with E-state index in [-0.39, 0.29) is 0 Å². The first-order valence-electron chi connectivity index (χ1n) is 5.10. The van der Waals surface area contributed by atoms with Crippen molar-refractivity contribution >= 4 is 0 Å². The standard InChI is InChI=1S/C11H9N5O/c1-7-4-2-3-5-8(7)11-14-10(16-17-11)9-12-6-13-15-9/h2-6H,1H3,(H,12,13,15). The summed E-state index contributed by atoms with van der Waals surface area (Å²) in [5, 5.41) is 10.3. The van der Waals surface area contributed by atoms with Gasteiger partial charge in [-0.1, -0.05) is 23.4 Å². The molecule has 0 fully saturated rings. The van der Waals surface area contributed by atoms with Crippen molar-refractivity contribution in [3.8, 4) is 23.1 Å². The predicted octanol–water partition coefficient (Wildman–Crippen LogP) is 1.83. The highest BCUT2D eigenvalue weighted by molar-refractivity contribution is 5.59. The van der Waals surface area contributed by atoms with Gasteiger partial charge in [0.2, 0.25) is 5.82 Å². The van der Waals surface area contributed by atoms with E-state index in [1.165, 1.54) is 6.33 Å². The summed E-state index contributed by atoms with van der Waals surface area (Å²) in [6.45, 7) is 1.99. The van der Waals surface area contributed by atoms with Crippen molar-refractivity contribution in [2.75, 3.05) is 0 Å². The van der Waals surface area contributed by atoms with Crippen LogP contribution in [-0.4, -0.2) is 25.3 Å². The molecule has 17 heavy (non-hydrogen) atoms. The summed E-state index contributed by atoms with van der Waals surface area (Å²) in [6.07, 6.45) is 1.40. The lowest BCUT2D eigenvalue weighted by Gasteiger charge is -1.97. The van der Waals surface area contributed by atoms with Gasteiger partial charge in [0.15, 0.2) is 5.82 Å². The van der Waals surface area contributed by atoms with Crippen LogP contribution in [0.15, 0.2) is 35.1 Å². The molecule has 1 aromatic carbocycles. The van der Waals surface area contributed by atoms with Gasteiger partial charge in [0.05, 0.1) is 0 Å². The summed E-state index contributed by atoms with van der Waals surface area (Å²) in [7, 11) is 0. The minimum absolute atomic E-state index is 0.403. The molecular weight excluding hydrogens is 218 g/mol. The zero-order valence-corrected chi connectivity index (χ0v) is 9.08. The molecule has 0 unspecified atom stereocenters. The lowest BCUT2D eigenvalue weighted by Crippen LogP contribution is -1.85. The topological polar surface area (TPSA) is 80.5 Å². The summed E-state index contributed by atoms with van der Waals surface area (Å²) in [5.74, 6) is 1.38. The minimum atomic E-state index is 0.403. The van der Waals surface area contributed by atoms with Crippen LogP contribution >= 0.6 is 0 Å². The summed E-state index contributed by atoms with van der Waals surface area (Å²) in [6, 6.07) is 7.83. The van der Waals surface area contributed by atoms with Gasteiger partial charge in [-0.15, -0.1) is 0 Å². The molecule has 3 aromatic rings. The Balaban J connectivity index is 2.04. The molecule has 0 radical (unpaired) electrons. The Morgan fingerprint density at radius 2 is 2.12 bits per heavy atom. The van der Waals surface area contributed by atoms with E-state index < -0.39 is 0 Å². The summed E-state index contributed by atoms with van der Waals surface area (Å²) < 4.78 is 5.21. The molecule has 0 aliphatic heterocycles. The van der Waals surface area contributed by atoms with E-state index in [1.807, 2.05) is 31.2 Å². The van der Waals surface area contributed by atoms with Gasteiger partial charge < -0.3 is 4.52 Å². The molecule has 1 N–H and O–H groups in total. The molecule has 3 rings (SSSR count). The number of hydrogen-bond donors (Lipinski definition) is 1. The second kappa shape index (κ2) is 3.82. The monoisotopic (exact) mass is 227 g/mol. The minimum Gasteiger partial charge on any atom is -0.333 e. The molecule has 6 heteroatoms. The first kappa shape index (κ1) is 9.71. The van der Waals surface area contributed by atoms with Gasteiger partial charge in [-0.2, -0.15) is 10.1 Å². The summed E-state index contributed by atoms with van der Waals surface area (Å²) in [5.41, 5.74) is 2.01. The van der Waals surface area contributed by atoms with Crippen LogP contribution in [0.3, 0.4) is 0 Å². The smallest absolute Gasteiger partial charge is 0.258 e. The molecule has 0 spiro atoms. The molecule has 0 saturated carbocycles. The van der Waals surface area contributed by atoms with Crippen LogP contribution in [-0.2, 0) is 0 Å². The Bertz CT molecular complexity index is 629. The normalized spacial score (nSPS) is 10.6. The molecule has 0 saturated heterocycles. The lowest BCUT2D eigenvalue weighted by molar-refractivity contribution is 0.431. The Morgan fingerprint density at radius 1 is 1.24 bits per heavy atom. The molecule has 84 valence electrons. The van der Waals surface area contributed by atoms with Crippen LogP contribution in [0.1, 0.15) is 5.56 Å². The summed E-state index contributed by atoms with van der Waals surface area (Å²) >= 11 is 0. The Hall–Kier alpha value is -2.50. The fourth-order valence-corrected chi connectivity index (χ4v) is 1.56. The molecule has 2 heterocycles. The van der Waals surface area contributed by atoms with E-state index in [1.54, 1.807) is 0 Å². The molecule has 6 nitrogen and oxygen atoms in total. The number of nitrogens with one attached hydrogen (secondary N) is 1. The maximum Gasteiger partial charge on any atom is 0.258 e. The maximum absolute atomic E-state index is 5.21. The van der Waals surface area contributed by atoms with Gasteiger partial charge in [-0.25, -0.2) is 4.98 Å². The summed E-state index contributed by atoms with van der Waals surface area (Å²) in [4.78, 5) is 8.24. The maximum atomic E-state index is 5.21. The van der Waals surface area contributed by atoms with E-state index in [2.05, 4.69) is 25.3 Å². The zero-order chi connectivity index (χ0) is 11.7. The van der Waals surface area contributed by atoms with Crippen LogP contribution in [0.2, 0.25) is 0 Å². The average molecular weight is 227 g/mol. The third-order valence-corrected chi connectivity index (χ3v) is 2.43. The number of hydrogen-bond acceptors (Lipinski definition) is 5. The molecule has 0 aliphatic carbocycles. The van der Waals surface area contributed by atoms with Crippen LogP contribution in [0.4, 0.5) is 0 Å². The van der Waals surface area contributed by atoms with Gasteiger partial charge in [-0.3, -0.25) is 5.10 Å². The van der Waals surface area contributed by atoms with Crippen molar-refractivity contribution in [3.63, 3.8) is 0 Å². The highest BCUT2D eigenvalue weighted by Gasteiger charge is 2.13. The quantitative estimate of drug-likeness (QED) is 0.722. The van der Waals surface area contributed by atoms with Crippen molar-refractivity contribution in [1.29, 1.82) is 0 Å². The third kappa shape index (κ3) is 1.69. The van der Waals surface area contributed by atoms with Crippen molar-refractivity contribution < 1.29 is 4.52 Å². The lowest BCUT2D eigenvalue weighted by atomic mass is 10.1. The van der Waals surface area contributed by atoms with E-state index in [9.17, 15) is 0 Å². The van der Waals surface area contributed by atoms with Gasteiger partial charge in [0, 0.05) is 5.56 Å². The molecule has 0 atom stereocenters. The average Bonchev–Trinajstić information content (AvgIpc) is 3.00. The number of nitrogens with zero attached hydrogens (tertiary/aromatic N) is 4. The number of benzene rings is 1. The van der Waals surface area contributed by atoms with Crippen molar-refractivity contribution in [2.45, 2.75) is 6.92 Å². The Morgan fingerprint density at radius 3 is 2.88 bits per heavy atom. The number of aromatic amines is 1. The van der Waals surface area contributed by atoms with Gasteiger partial charge in [0.1, 0.15) is 6.33 Å². The van der Waals surface area contributed by atoms with Crippen molar-refractivity contribution in [3.05, 3.63) is 36.2 Å². The second-order valence-corrected chi connectivity index (χ2v) is 3.57. The third-order valence-electron chi connectivity index (χ3n) is 2.43. The first-order valence-corrected chi connectivity index (χ1v) is 5.10. The van der Waals surface area contributed by atoms with E-state index in [4.69, 9.17) is 4.52 Å². The van der Waals surface area contributed by atoms with Gasteiger partial charge >= 0.3 is 0 Å². The molecule has 0 amide bonds. The van der Waals surface area contributed by atoms with E-state index >= 15 is 0 Å². The molecule has 2 aromatic heterocycles. The highest BCUT2D eigenvalue weighted by atomic mass is 16.5. The van der Waals surface area contributed by atoms with Crippen LogP contribution in [0, 0.1) is 6.92 Å². The molecule has 0 bridgehead atoms. The Labute approximate surface area is 96.7 Å². The largest absolute Gasteiger partial charge is 0.333 e. The number of aryl methyl sites for hydroxylation is 1. The van der Waals surface area contributed by atoms with Gasteiger partial charge in [-0.05, 0) is 18.6 Å². The van der Waals surface area contributed by atoms with Crippen molar-refractivity contribution in [1.82, 2.24) is 25.3 Å². The van der Waals surface area contributed by atoms with Crippen LogP contribution in [0.5, 0.6) is 0 Å². The predicted molar refractivity (Wildman–Crippen MR) is 59.8 cm³/mol. The number of H-pyrrole nitrogens is 1. The first-order chi connectivity index (χ1) is 8.34. The highest BCUT2D eigenvalue weighted by Crippen LogP contribution is 2.22. The molecular formula is C11H9N5O. The zero-order valence-electron chi connectivity index (χ0n) is 9.08. The van der Waals surface area contributed by atoms with E-state index in [0.717, 1.165) is 11.1 Å². The Kier molecular flexibility index (Phi) is 2.18. The second-order valence-electron chi connectivity index (χ2n) is 3.57. The fourth-order valence-electron chi connectivity index (χ4n) is 1.56. The van der Waals surface area contributed by atoms with Crippen LogP contribution < -0.4 is 0 Å². The van der Waals surface area contributed by atoms with E-state index in [0.29, 0.717) is 17.5 Å². The number of rotatable bonds is 2.